The first-order chi connectivity index (χ1) is 17.0. The van der Waals surface area contributed by atoms with E-state index in [4.69, 9.17) is 9.47 Å². The summed E-state index contributed by atoms with van der Waals surface area (Å²) >= 11 is 1.59. The van der Waals surface area contributed by atoms with E-state index in [1.807, 2.05) is 78.9 Å². The van der Waals surface area contributed by atoms with Gasteiger partial charge in [-0.05, 0) is 55.1 Å². The number of ether oxygens (including phenoxy) is 2. The van der Waals surface area contributed by atoms with Gasteiger partial charge in [0, 0.05) is 23.3 Å². The highest BCUT2D eigenvalue weighted by atomic mass is 32.2. The molecule has 0 bridgehead atoms. The van der Waals surface area contributed by atoms with E-state index in [0.29, 0.717) is 12.3 Å². The van der Waals surface area contributed by atoms with Gasteiger partial charge < -0.3 is 24.6 Å². The molecule has 1 unspecified atom stereocenters. The van der Waals surface area contributed by atoms with Gasteiger partial charge in [0.25, 0.3) is 0 Å². The molecule has 3 aromatic rings. The summed E-state index contributed by atoms with van der Waals surface area (Å²) < 4.78 is 10.7. The lowest BCUT2D eigenvalue weighted by Crippen LogP contribution is -2.46. The van der Waals surface area contributed by atoms with Gasteiger partial charge in [-0.25, -0.2) is 0 Å². The van der Waals surface area contributed by atoms with Crippen LogP contribution in [-0.2, 0) is 5.60 Å². The van der Waals surface area contributed by atoms with Crippen molar-refractivity contribution in [2.24, 2.45) is 5.92 Å². The first-order valence-corrected chi connectivity index (χ1v) is 13.1. The Morgan fingerprint density at radius 1 is 0.914 bits per heavy atom. The van der Waals surface area contributed by atoms with Crippen molar-refractivity contribution in [3.63, 3.8) is 0 Å². The second kappa shape index (κ2) is 12.0. The molecule has 0 aromatic heterocycles. The number of β-amino-alcohol motifs (C(OH)–C–C–N with tert-alkyl or cyclic N) is 1. The number of aliphatic hydroxyl groups excluding tert-OH is 1. The van der Waals surface area contributed by atoms with Crippen LogP contribution in [0, 0.1) is 5.92 Å². The van der Waals surface area contributed by atoms with Crippen molar-refractivity contribution in [3.8, 4) is 11.5 Å². The lowest BCUT2D eigenvalue weighted by atomic mass is 9.72. The van der Waals surface area contributed by atoms with Crippen LogP contribution in [0.15, 0.2) is 83.8 Å². The first kappa shape index (κ1) is 25.6. The number of methoxy groups -OCH3 is 2. The van der Waals surface area contributed by atoms with E-state index in [1.165, 1.54) is 0 Å². The van der Waals surface area contributed by atoms with Crippen molar-refractivity contribution in [2.75, 3.05) is 39.6 Å². The number of thioether (sulfide) groups is 1. The summed E-state index contributed by atoms with van der Waals surface area (Å²) in [5.41, 5.74) is 0.859. The molecule has 4 rings (SSSR count). The third kappa shape index (κ3) is 6.01. The fourth-order valence-electron chi connectivity index (χ4n) is 4.99. The summed E-state index contributed by atoms with van der Waals surface area (Å²) in [5.74, 6) is 2.20. The average Bonchev–Trinajstić information content (AvgIpc) is 2.92. The highest BCUT2D eigenvalue weighted by Gasteiger charge is 2.41. The Balaban J connectivity index is 1.36. The minimum Gasteiger partial charge on any atom is -0.497 e. The van der Waals surface area contributed by atoms with Crippen LogP contribution < -0.4 is 9.47 Å². The topological polar surface area (TPSA) is 62.2 Å². The Morgan fingerprint density at radius 3 is 2.06 bits per heavy atom. The molecule has 0 spiro atoms. The Kier molecular flexibility index (Phi) is 8.74. The van der Waals surface area contributed by atoms with Crippen molar-refractivity contribution in [3.05, 3.63) is 90.0 Å². The van der Waals surface area contributed by atoms with E-state index < -0.39 is 11.7 Å². The first-order valence-electron chi connectivity index (χ1n) is 12.1. The Morgan fingerprint density at radius 2 is 1.51 bits per heavy atom. The van der Waals surface area contributed by atoms with Crippen molar-refractivity contribution in [1.29, 1.82) is 0 Å². The predicted octanol–water partition coefficient (Wildman–Crippen LogP) is 4.80. The van der Waals surface area contributed by atoms with Gasteiger partial charge in [-0.3, -0.25) is 0 Å². The molecule has 3 aromatic carbocycles. The van der Waals surface area contributed by atoms with Gasteiger partial charge in [-0.2, -0.15) is 0 Å². The molecule has 6 heteroatoms. The van der Waals surface area contributed by atoms with Crippen LogP contribution in [-0.4, -0.2) is 60.8 Å². The number of hydrogen-bond acceptors (Lipinski definition) is 6. The van der Waals surface area contributed by atoms with Crippen LogP contribution in [0.3, 0.4) is 0 Å². The van der Waals surface area contributed by atoms with Crippen LogP contribution in [0.4, 0.5) is 0 Å². The fourth-order valence-corrected chi connectivity index (χ4v) is 5.91. The molecular weight excluding hydrogens is 458 g/mol. The summed E-state index contributed by atoms with van der Waals surface area (Å²) in [6.07, 6.45) is 1.28. The van der Waals surface area contributed by atoms with E-state index >= 15 is 0 Å². The van der Waals surface area contributed by atoms with E-state index in [1.54, 1.807) is 26.0 Å². The lowest BCUT2D eigenvalue weighted by molar-refractivity contribution is -0.0186. The second-order valence-electron chi connectivity index (χ2n) is 9.05. The average molecular weight is 494 g/mol. The van der Waals surface area contributed by atoms with Crippen LogP contribution in [0.1, 0.15) is 24.0 Å². The molecule has 2 N–H and O–H groups in total. The van der Waals surface area contributed by atoms with Gasteiger partial charge >= 0.3 is 0 Å². The molecule has 0 radical (unpaired) electrons. The maximum Gasteiger partial charge on any atom is 0.136 e. The maximum absolute atomic E-state index is 12.1. The zero-order valence-corrected chi connectivity index (χ0v) is 21.3. The minimum absolute atomic E-state index is 0.110. The van der Waals surface area contributed by atoms with Gasteiger partial charge in [0.2, 0.25) is 0 Å². The summed E-state index contributed by atoms with van der Waals surface area (Å²) in [6.45, 7) is 2.31. The summed E-state index contributed by atoms with van der Waals surface area (Å²) in [6, 6.07) is 25.8. The van der Waals surface area contributed by atoms with Gasteiger partial charge in [-0.1, -0.05) is 60.7 Å². The maximum atomic E-state index is 12.1. The van der Waals surface area contributed by atoms with E-state index in [9.17, 15) is 10.2 Å². The Hall–Kier alpha value is -2.51. The number of rotatable bonds is 10. The third-order valence-corrected chi connectivity index (χ3v) is 8.08. The molecule has 186 valence electrons. The molecule has 1 saturated heterocycles. The fraction of sp³-hybridized carbons (Fsp3) is 0.379. The Labute approximate surface area is 212 Å². The lowest BCUT2D eigenvalue weighted by Gasteiger charge is -2.42. The molecule has 0 amide bonds. The van der Waals surface area contributed by atoms with Crippen molar-refractivity contribution in [2.45, 2.75) is 29.4 Å². The molecule has 1 aliphatic rings. The molecule has 1 atom stereocenters. The van der Waals surface area contributed by atoms with Crippen LogP contribution in [0.25, 0.3) is 0 Å². The summed E-state index contributed by atoms with van der Waals surface area (Å²) in [5, 5.41) is 22.8. The van der Waals surface area contributed by atoms with E-state index in [-0.39, 0.29) is 5.92 Å². The van der Waals surface area contributed by atoms with Gasteiger partial charge in [0.05, 0.1) is 20.3 Å². The van der Waals surface area contributed by atoms with E-state index in [0.717, 1.165) is 53.5 Å². The zero-order valence-electron chi connectivity index (χ0n) is 20.5. The quantitative estimate of drug-likeness (QED) is 0.396. The monoisotopic (exact) mass is 493 g/mol. The molecule has 1 fully saturated rings. The van der Waals surface area contributed by atoms with Crippen molar-refractivity contribution < 1.29 is 19.7 Å². The van der Waals surface area contributed by atoms with Crippen molar-refractivity contribution >= 4 is 11.8 Å². The molecule has 1 heterocycles. The molecule has 35 heavy (non-hydrogen) atoms. The normalized spacial score (nSPS) is 16.1. The van der Waals surface area contributed by atoms with Crippen molar-refractivity contribution in [1.82, 2.24) is 4.90 Å². The Bertz CT molecular complexity index is 1020. The number of benzene rings is 3. The number of piperidine rings is 1. The number of hydrogen-bond donors (Lipinski definition) is 2. The standard InChI is InChI=1S/C29H35NO4S/c1-33-26-13-14-28(27(19-26)34-2)35-21-25(31)20-30-17-15-24(16-18-30)29(32,22-9-5-3-6-10-22)23-11-7-4-8-12-23/h3-14,19,24-25,31-32H,15-18,20-21H2,1-2H3. The molecule has 1 aliphatic heterocycles. The SMILES string of the molecule is COc1ccc(SCC(O)CN2CCC(C(O)(c3ccccc3)c3ccccc3)CC2)c(OC)c1. The van der Waals surface area contributed by atoms with E-state index in [2.05, 4.69) is 4.90 Å². The summed E-state index contributed by atoms with van der Waals surface area (Å²) in [4.78, 5) is 3.30. The van der Waals surface area contributed by atoms with Gasteiger partial charge in [0.1, 0.15) is 17.1 Å². The highest BCUT2D eigenvalue weighted by molar-refractivity contribution is 7.99. The zero-order chi connectivity index (χ0) is 24.7. The van der Waals surface area contributed by atoms with Crippen LogP contribution in [0.2, 0.25) is 0 Å². The number of aliphatic hydroxyl groups is 2. The predicted molar refractivity (Wildman–Crippen MR) is 141 cm³/mol. The molecule has 5 nitrogen and oxygen atoms in total. The number of likely N-dealkylation sites (tertiary alicyclic amines) is 1. The third-order valence-electron chi connectivity index (χ3n) is 6.88. The van der Waals surface area contributed by atoms with Gasteiger partial charge in [-0.15, -0.1) is 11.8 Å². The number of nitrogens with zero attached hydrogens (tertiary/aromatic N) is 1. The minimum atomic E-state index is -1.02. The molecular formula is C29H35NO4S. The second-order valence-corrected chi connectivity index (χ2v) is 10.1. The van der Waals surface area contributed by atoms with Gasteiger partial charge in [0.15, 0.2) is 0 Å². The van der Waals surface area contributed by atoms with Crippen LogP contribution in [0.5, 0.6) is 11.5 Å². The molecule has 0 saturated carbocycles. The van der Waals surface area contributed by atoms with Crippen LogP contribution >= 0.6 is 11.8 Å². The smallest absolute Gasteiger partial charge is 0.136 e. The highest BCUT2D eigenvalue weighted by Crippen LogP contribution is 2.42. The summed E-state index contributed by atoms with van der Waals surface area (Å²) in [7, 11) is 3.28. The largest absolute Gasteiger partial charge is 0.497 e. The molecule has 0 aliphatic carbocycles.